The standard InChI is InChI=1S/C24H26N2O7S/c1-32-23(28)18-8-4-6-10-21(18)34(30,31)25-13-11-16(12-14-25)22(27)26-19-9-5-3-7-17(19)15-20(26)24(29)33-2/h3-10,16,20H,11-15H2,1-2H3. The smallest absolute Gasteiger partial charge is 0.339 e. The van der Waals surface area contributed by atoms with E-state index in [1.807, 2.05) is 18.2 Å². The number of hydrogen-bond acceptors (Lipinski definition) is 7. The van der Waals surface area contributed by atoms with Gasteiger partial charge in [-0.3, -0.25) is 9.69 Å². The molecule has 34 heavy (non-hydrogen) atoms. The van der Waals surface area contributed by atoms with E-state index in [1.54, 1.807) is 18.2 Å². The largest absolute Gasteiger partial charge is 0.467 e. The molecule has 0 spiro atoms. The van der Waals surface area contributed by atoms with Crippen LogP contribution in [0.15, 0.2) is 53.4 Å². The van der Waals surface area contributed by atoms with Crippen molar-refractivity contribution in [1.82, 2.24) is 4.31 Å². The van der Waals surface area contributed by atoms with Crippen molar-refractivity contribution in [3.05, 3.63) is 59.7 Å². The Hall–Kier alpha value is -3.24. The number of methoxy groups -OCH3 is 2. The van der Waals surface area contributed by atoms with Crippen molar-refractivity contribution in [3.8, 4) is 0 Å². The van der Waals surface area contributed by atoms with Gasteiger partial charge >= 0.3 is 11.9 Å². The molecule has 2 aliphatic rings. The summed E-state index contributed by atoms with van der Waals surface area (Å²) in [6.45, 7) is 0.235. The third-order valence-electron chi connectivity index (χ3n) is 6.40. The molecule has 2 aliphatic heterocycles. The van der Waals surface area contributed by atoms with E-state index in [0.29, 0.717) is 24.9 Å². The summed E-state index contributed by atoms with van der Waals surface area (Å²) in [5.41, 5.74) is 1.55. The van der Waals surface area contributed by atoms with Crippen LogP contribution < -0.4 is 4.90 Å². The van der Waals surface area contributed by atoms with Gasteiger partial charge in [-0.1, -0.05) is 30.3 Å². The zero-order chi connectivity index (χ0) is 24.5. The Morgan fingerprint density at radius 1 is 0.912 bits per heavy atom. The number of esters is 2. The van der Waals surface area contributed by atoms with Gasteiger partial charge in [-0.05, 0) is 36.6 Å². The average molecular weight is 487 g/mol. The van der Waals surface area contributed by atoms with E-state index in [9.17, 15) is 22.8 Å². The first-order valence-corrected chi connectivity index (χ1v) is 12.4. The highest BCUT2D eigenvalue weighted by Gasteiger charge is 2.43. The lowest BCUT2D eigenvalue weighted by molar-refractivity contribution is -0.143. The summed E-state index contributed by atoms with van der Waals surface area (Å²) in [5, 5.41) is 0. The first kappa shape index (κ1) is 23.9. The monoisotopic (exact) mass is 486 g/mol. The number of sulfonamides is 1. The van der Waals surface area contributed by atoms with Gasteiger partial charge in [-0.25, -0.2) is 18.0 Å². The van der Waals surface area contributed by atoms with Crippen LogP contribution in [0.3, 0.4) is 0 Å². The number of rotatable bonds is 5. The molecular weight excluding hydrogens is 460 g/mol. The number of carbonyl (C=O) groups excluding carboxylic acids is 3. The van der Waals surface area contributed by atoms with E-state index in [-0.39, 0.29) is 29.5 Å². The van der Waals surface area contributed by atoms with Crippen LogP contribution in [-0.4, -0.2) is 63.9 Å². The molecule has 1 atom stereocenters. The van der Waals surface area contributed by atoms with Crippen LogP contribution in [0.1, 0.15) is 28.8 Å². The van der Waals surface area contributed by atoms with Crippen LogP contribution in [0.2, 0.25) is 0 Å². The zero-order valence-corrected chi connectivity index (χ0v) is 19.8. The minimum Gasteiger partial charge on any atom is -0.467 e. The maximum Gasteiger partial charge on any atom is 0.339 e. The summed E-state index contributed by atoms with van der Waals surface area (Å²) >= 11 is 0. The number of anilines is 1. The molecule has 1 unspecified atom stereocenters. The number of carbonyl (C=O) groups is 3. The summed E-state index contributed by atoms with van der Waals surface area (Å²) in [4.78, 5) is 39.3. The molecule has 0 aromatic heterocycles. The first-order valence-electron chi connectivity index (χ1n) is 11.0. The molecule has 10 heteroatoms. The lowest BCUT2D eigenvalue weighted by atomic mass is 9.96. The molecule has 4 rings (SSSR count). The third kappa shape index (κ3) is 4.19. The number of amides is 1. The molecule has 0 radical (unpaired) electrons. The van der Waals surface area contributed by atoms with Gasteiger partial charge in [0.2, 0.25) is 15.9 Å². The predicted molar refractivity (Wildman–Crippen MR) is 123 cm³/mol. The Kier molecular flexibility index (Phi) is 6.72. The molecule has 9 nitrogen and oxygen atoms in total. The van der Waals surface area contributed by atoms with Crippen molar-refractivity contribution >= 4 is 33.6 Å². The average Bonchev–Trinajstić information content (AvgIpc) is 3.27. The minimum absolute atomic E-state index is 0.0298. The second-order valence-corrected chi connectivity index (χ2v) is 10.2. The fourth-order valence-electron chi connectivity index (χ4n) is 4.63. The van der Waals surface area contributed by atoms with Crippen molar-refractivity contribution in [2.24, 2.45) is 5.92 Å². The summed E-state index contributed by atoms with van der Waals surface area (Å²) in [5.74, 6) is -1.87. The van der Waals surface area contributed by atoms with Crippen LogP contribution >= 0.6 is 0 Å². The molecular formula is C24H26N2O7S. The minimum atomic E-state index is -3.96. The second kappa shape index (κ2) is 9.55. The molecule has 2 aromatic carbocycles. The number of benzene rings is 2. The highest BCUT2D eigenvalue weighted by Crippen LogP contribution is 2.36. The molecule has 1 amide bonds. The molecule has 0 aliphatic carbocycles. The van der Waals surface area contributed by atoms with Gasteiger partial charge in [-0.2, -0.15) is 4.31 Å². The van der Waals surface area contributed by atoms with E-state index < -0.39 is 33.9 Å². The van der Waals surface area contributed by atoms with Crippen LogP contribution in [0.4, 0.5) is 5.69 Å². The van der Waals surface area contributed by atoms with Crippen molar-refractivity contribution in [1.29, 1.82) is 0 Å². The van der Waals surface area contributed by atoms with Crippen LogP contribution in [-0.2, 0) is 35.5 Å². The van der Waals surface area contributed by atoms with Crippen LogP contribution in [0.25, 0.3) is 0 Å². The molecule has 2 aromatic rings. The van der Waals surface area contributed by atoms with Gasteiger partial charge in [0.1, 0.15) is 6.04 Å². The predicted octanol–water partition coefficient (Wildman–Crippen LogP) is 2.00. The van der Waals surface area contributed by atoms with E-state index in [2.05, 4.69) is 0 Å². The maximum absolute atomic E-state index is 13.5. The molecule has 0 N–H and O–H groups in total. The van der Waals surface area contributed by atoms with Crippen LogP contribution in [0.5, 0.6) is 0 Å². The number of nitrogens with zero attached hydrogens (tertiary/aromatic N) is 2. The number of ether oxygens (including phenoxy) is 2. The topological polar surface area (TPSA) is 110 Å². The number of hydrogen-bond donors (Lipinski definition) is 0. The van der Waals surface area contributed by atoms with Crippen LogP contribution in [0, 0.1) is 5.92 Å². The molecule has 180 valence electrons. The van der Waals surface area contributed by atoms with Gasteiger partial charge in [-0.15, -0.1) is 0 Å². The molecule has 0 saturated carbocycles. The summed E-state index contributed by atoms with van der Waals surface area (Å²) in [6.07, 6.45) is 0.974. The quantitative estimate of drug-likeness (QED) is 0.595. The van der Waals surface area contributed by atoms with Gasteiger partial charge in [0.25, 0.3) is 0 Å². The van der Waals surface area contributed by atoms with Crippen molar-refractivity contribution < 1.29 is 32.3 Å². The van der Waals surface area contributed by atoms with Gasteiger partial charge in [0, 0.05) is 31.1 Å². The van der Waals surface area contributed by atoms with Gasteiger partial charge in [0.05, 0.1) is 24.7 Å². The number of para-hydroxylation sites is 1. The number of fused-ring (bicyclic) bond motifs is 1. The summed E-state index contributed by atoms with van der Waals surface area (Å²) in [7, 11) is -1.47. The first-order chi connectivity index (χ1) is 16.3. The molecule has 1 fully saturated rings. The molecule has 0 bridgehead atoms. The lowest BCUT2D eigenvalue weighted by Crippen LogP contribution is -2.49. The third-order valence-corrected chi connectivity index (χ3v) is 8.36. The van der Waals surface area contributed by atoms with E-state index >= 15 is 0 Å². The van der Waals surface area contributed by atoms with Crippen molar-refractivity contribution in [2.45, 2.75) is 30.2 Å². The molecule has 1 saturated heterocycles. The normalized spacial score (nSPS) is 18.9. The van der Waals surface area contributed by atoms with Gasteiger partial charge in [0.15, 0.2) is 0 Å². The van der Waals surface area contributed by atoms with E-state index in [1.165, 1.54) is 35.6 Å². The summed E-state index contributed by atoms with van der Waals surface area (Å²) in [6, 6.07) is 12.5. The Bertz CT molecular complexity index is 1220. The fourth-order valence-corrected chi connectivity index (χ4v) is 6.28. The Morgan fingerprint density at radius 3 is 2.24 bits per heavy atom. The Balaban J connectivity index is 1.52. The number of piperidine rings is 1. The highest BCUT2D eigenvalue weighted by molar-refractivity contribution is 7.89. The maximum atomic E-state index is 13.5. The Labute approximate surface area is 198 Å². The van der Waals surface area contributed by atoms with Gasteiger partial charge < -0.3 is 9.47 Å². The summed E-state index contributed by atoms with van der Waals surface area (Å²) < 4.78 is 37.5. The fraction of sp³-hybridized carbons (Fsp3) is 0.375. The molecule has 2 heterocycles. The zero-order valence-electron chi connectivity index (χ0n) is 19.0. The van der Waals surface area contributed by atoms with Crippen molar-refractivity contribution in [2.75, 3.05) is 32.2 Å². The second-order valence-electron chi connectivity index (χ2n) is 8.25. The highest BCUT2D eigenvalue weighted by atomic mass is 32.2. The van der Waals surface area contributed by atoms with E-state index in [4.69, 9.17) is 9.47 Å². The SMILES string of the molecule is COC(=O)c1ccccc1S(=O)(=O)N1CCC(C(=O)N2c3ccccc3CC2C(=O)OC)CC1. The lowest BCUT2D eigenvalue weighted by Gasteiger charge is -2.34. The van der Waals surface area contributed by atoms with Crippen molar-refractivity contribution in [3.63, 3.8) is 0 Å². The Morgan fingerprint density at radius 2 is 1.56 bits per heavy atom. The van der Waals surface area contributed by atoms with E-state index in [0.717, 1.165) is 5.56 Å².